The van der Waals surface area contributed by atoms with Crippen molar-refractivity contribution in [1.82, 2.24) is 15.6 Å². The van der Waals surface area contributed by atoms with E-state index in [2.05, 4.69) is 20.6 Å². The Kier molecular flexibility index (Phi) is 9.86. The summed E-state index contributed by atoms with van der Waals surface area (Å²) in [7, 11) is 1.50. The SMILES string of the molecule is CCOc1cc(CNC(=NC)NCCC(F)(F)F)ccn1.I. The zero-order chi connectivity index (χ0) is 15.7. The van der Waals surface area contributed by atoms with E-state index in [9.17, 15) is 13.2 Å². The average molecular weight is 432 g/mol. The van der Waals surface area contributed by atoms with Gasteiger partial charge in [-0.25, -0.2) is 4.98 Å². The lowest BCUT2D eigenvalue weighted by Gasteiger charge is -2.13. The van der Waals surface area contributed by atoms with Gasteiger partial charge in [-0.1, -0.05) is 0 Å². The van der Waals surface area contributed by atoms with Crippen LogP contribution in [0.5, 0.6) is 5.88 Å². The van der Waals surface area contributed by atoms with Crippen LogP contribution in [-0.2, 0) is 6.54 Å². The van der Waals surface area contributed by atoms with Crippen molar-refractivity contribution in [2.24, 2.45) is 4.99 Å². The van der Waals surface area contributed by atoms with Crippen LogP contribution in [0.3, 0.4) is 0 Å². The maximum atomic E-state index is 12.1. The predicted octanol–water partition coefficient (Wildman–Crippen LogP) is 2.72. The number of aromatic nitrogens is 1. The van der Waals surface area contributed by atoms with Crippen LogP contribution in [-0.4, -0.2) is 37.3 Å². The van der Waals surface area contributed by atoms with Gasteiger partial charge in [0.2, 0.25) is 5.88 Å². The first-order valence-corrected chi connectivity index (χ1v) is 6.53. The molecule has 0 unspecified atom stereocenters. The molecule has 0 saturated heterocycles. The Balaban J connectivity index is 0.00000441. The lowest BCUT2D eigenvalue weighted by molar-refractivity contribution is -0.132. The van der Waals surface area contributed by atoms with Gasteiger partial charge in [0.1, 0.15) is 0 Å². The fraction of sp³-hybridized carbons (Fsp3) is 0.538. The molecule has 1 aromatic heterocycles. The van der Waals surface area contributed by atoms with Crippen LogP contribution in [0, 0.1) is 0 Å². The van der Waals surface area contributed by atoms with Gasteiger partial charge < -0.3 is 15.4 Å². The number of nitrogens with zero attached hydrogens (tertiary/aromatic N) is 2. The lowest BCUT2D eigenvalue weighted by Crippen LogP contribution is -2.38. The Morgan fingerprint density at radius 2 is 2.09 bits per heavy atom. The Morgan fingerprint density at radius 1 is 1.36 bits per heavy atom. The summed E-state index contributed by atoms with van der Waals surface area (Å²) in [4.78, 5) is 7.89. The van der Waals surface area contributed by atoms with Crippen LogP contribution in [0.1, 0.15) is 18.9 Å². The Morgan fingerprint density at radius 3 is 2.68 bits per heavy atom. The van der Waals surface area contributed by atoms with Crippen LogP contribution < -0.4 is 15.4 Å². The molecule has 0 atom stereocenters. The molecule has 9 heteroatoms. The summed E-state index contributed by atoms with van der Waals surface area (Å²) in [5.74, 6) is 0.825. The van der Waals surface area contributed by atoms with E-state index in [1.54, 1.807) is 18.3 Å². The van der Waals surface area contributed by atoms with Gasteiger partial charge in [-0.2, -0.15) is 13.2 Å². The summed E-state index contributed by atoms with van der Waals surface area (Å²) < 4.78 is 41.4. The van der Waals surface area contributed by atoms with Gasteiger partial charge in [-0.3, -0.25) is 4.99 Å². The van der Waals surface area contributed by atoms with Crippen molar-refractivity contribution in [3.63, 3.8) is 0 Å². The molecule has 22 heavy (non-hydrogen) atoms. The minimum Gasteiger partial charge on any atom is -0.478 e. The Labute approximate surface area is 144 Å². The van der Waals surface area contributed by atoms with Crippen molar-refractivity contribution >= 4 is 29.9 Å². The van der Waals surface area contributed by atoms with Crippen molar-refractivity contribution in [3.05, 3.63) is 23.9 Å². The van der Waals surface area contributed by atoms with E-state index in [0.717, 1.165) is 5.56 Å². The molecule has 1 rings (SSSR count). The van der Waals surface area contributed by atoms with Crippen LogP contribution in [0.4, 0.5) is 13.2 Å². The topological polar surface area (TPSA) is 58.5 Å². The van der Waals surface area contributed by atoms with Crippen molar-refractivity contribution in [2.45, 2.75) is 26.1 Å². The molecule has 0 spiro atoms. The summed E-state index contributed by atoms with van der Waals surface area (Å²) >= 11 is 0. The molecule has 1 aromatic rings. The molecule has 0 amide bonds. The summed E-state index contributed by atoms with van der Waals surface area (Å²) in [5.41, 5.74) is 0.896. The summed E-state index contributed by atoms with van der Waals surface area (Å²) in [6.45, 7) is 2.57. The molecule has 2 N–H and O–H groups in total. The predicted molar refractivity (Wildman–Crippen MR) is 89.7 cm³/mol. The van der Waals surface area contributed by atoms with Gasteiger partial charge in [0, 0.05) is 32.4 Å². The van der Waals surface area contributed by atoms with Crippen molar-refractivity contribution < 1.29 is 17.9 Å². The molecule has 0 radical (unpaired) electrons. The summed E-state index contributed by atoms with van der Waals surface area (Å²) in [5, 5.41) is 5.54. The van der Waals surface area contributed by atoms with E-state index >= 15 is 0 Å². The minimum absolute atomic E-state index is 0. The van der Waals surface area contributed by atoms with Crippen molar-refractivity contribution in [1.29, 1.82) is 0 Å². The maximum absolute atomic E-state index is 12.1. The number of guanidine groups is 1. The number of alkyl halides is 3. The molecule has 0 bridgehead atoms. The first-order chi connectivity index (χ1) is 9.94. The fourth-order valence-electron chi connectivity index (χ4n) is 1.52. The second-order valence-corrected chi connectivity index (χ2v) is 4.15. The normalized spacial score (nSPS) is 11.6. The molecule has 0 aromatic carbocycles. The van der Waals surface area contributed by atoms with Crippen molar-refractivity contribution in [3.8, 4) is 5.88 Å². The smallest absolute Gasteiger partial charge is 0.390 e. The Bertz CT molecular complexity index is 469. The second kappa shape index (κ2) is 10.5. The first-order valence-electron chi connectivity index (χ1n) is 6.53. The second-order valence-electron chi connectivity index (χ2n) is 4.15. The average Bonchev–Trinajstić information content (AvgIpc) is 2.42. The third-order valence-electron chi connectivity index (χ3n) is 2.48. The number of nitrogens with one attached hydrogen (secondary N) is 2. The van der Waals surface area contributed by atoms with E-state index in [4.69, 9.17) is 4.74 Å². The van der Waals surface area contributed by atoms with Gasteiger partial charge in [-0.05, 0) is 18.6 Å². The number of ether oxygens (including phenoxy) is 1. The van der Waals surface area contributed by atoms with Gasteiger partial charge >= 0.3 is 6.18 Å². The molecule has 0 fully saturated rings. The van der Waals surface area contributed by atoms with Crippen LogP contribution in [0.2, 0.25) is 0 Å². The summed E-state index contributed by atoms with van der Waals surface area (Å²) in [6, 6.07) is 3.55. The number of rotatable bonds is 6. The molecule has 1 heterocycles. The molecule has 0 aliphatic heterocycles. The largest absolute Gasteiger partial charge is 0.478 e. The zero-order valence-electron chi connectivity index (χ0n) is 12.4. The van der Waals surface area contributed by atoms with Gasteiger partial charge in [0.15, 0.2) is 5.96 Å². The minimum atomic E-state index is -4.18. The number of aliphatic imine (C=N–C) groups is 1. The molecule has 126 valence electrons. The standard InChI is InChI=1S/C13H19F3N4O.HI/c1-3-21-11-8-10(4-6-18-11)9-20-12(17-2)19-7-5-13(14,15)16;/h4,6,8H,3,5,7,9H2,1-2H3,(H2,17,19,20);1H. The molecular formula is C13H20F3IN4O. The number of hydrogen-bond acceptors (Lipinski definition) is 3. The van der Waals surface area contributed by atoms with E-state index in [0.29, 0.717) is 25.0 Å². The molecule has 0 aliphatic rings. The lowest BCUT2D eigenvalue weighted by atomic mass is 10.2. The van der Waals surface area contributed by atoms with Crippen LogP contribution in [0.25, 0.3) is 0 Å². The van der Waals surface area contributed by atoms with Crippen LogP contribution >= 0.6 is 24.0 Å². The van der Waals surface area contributed by atoms with Gasteiger partial charge in [0.25, 0.3) is 0 Å². The molecule has 0 aliphatic carbocycles. The van der Waals surface area contributed by atoms with Gasteiger partial charge in [-0.15, -0.1) is 24.0 Å². The number of pyridine rings is 1. The van der Waals surface area contributed by atoms with Crippen molar-refractivity contribution in [2.75, 3.05) is 20.2 Å². The third-order valence-corrected chi connectivity index (χ3v) is 2.48. The van der Waals surface area contributed by atoms with E-state index in [1.165, 1.54) is 7.05 Å². The highest BCUT2D eigenvalue weighted by Gasteiger charge is 2.26. The molecule has 5 nitrogen and oxygen atoms in total. The highest BCUT2D eigenvalue weighted by atomic mass is 127. The quantitative estimate of drug-likeness (QED) is 0.413. The zero-order valence-corrected chi connectivity index (χ0v) is 14.7. The highest BCUT2D eigenvalue weighted by molar-refractivity contribution is 14.0. The number of halogens is 4. The van der Waals surface area contributed by atoms with E-state index in [-0.39, 0.29) is 30.5 Å². The maximum Gasteiger partial charge on any atom is 0.390 e. The molecular weight excluding hydrogens is 412 g/mol. The van der Waals surface area contributed by atoms with Gasteiger partial charge in [0.05, 0.1) is 13.0 Å². The van der Waals surface area contributed by atoms with E-state index in [1.807, 2.05) is 6.92 Å². The Hall–Kier alpha value is -1.26. The molecule has 0 saturated carbocycles. The monoisotopic (exact) mass is 432 g/mol. The van der Waals surface area contributed by atoms with E-state index < -0.39 is 12.6 Å². The highest BCUT2D eigenvalue weighted by Crippen LogP contribution is 2.18. The van der Waals surface area contributed by atoms with Crippen LogP contribution in [0.15, 0.2) is 23.3 Å². The first kappa shape index (κ1) is 20.7. The fourth-order valence-corrected chi connectivity index (χ4v) is 1.52. The third kappa shape index (κ3) is 8.90. The summed E-state index contributed by atoms with van der Waals surface area (Å²) in [6.07, 6.45) is -3.47. The number of hydrogen-bond donors (Lipinski definition) is 2.